The molecule has 0 fully saturated rings. The molecule has 1 aromatic carbocycles. The highest BCUT2D eigenvalue weighted by Crippen LogP contribution is 2.12. The molecule has 192 valence electrons. The monoisotopic (exact) mass is 492 g/mol. The summed E-state index contributed by atoms with van der Waals surface area (Å²) in [5.74, 6) is -4.17. The Balaban J connectivity index is 2.84. The van der Waals surface area contributed by atoms with E-state index in [1.165, 1.54) is 26.0 Å². The first-order valence-corrected chi connectivity index (χ1v) is 11.0. The van der Waals surface area contributed by atoms with Crippen LogP contribution in [-0.4, -0.2) is 70.3 Å². The van der Waals surface area contributed by atoms with Gasteiger partial charge in [0.1, 0.15) is 30.2 Å². The second-order valence-electron chi connectivity index (χ2n) is 8.43. The van der Waals surface area contributed by atoms with E-state index in [4.69, 9.17) is 5.11 Å². The minimum atomic E-state index is -1.27. The number of hydrogen-bond acceptors (Lipinski definition) is 7. The lowest BCUT2D eigenvalue weighted by Gasteiger charge is -2.26. The molecule has 12 nitrogen and oxygen atoms in total. The maximum absolute atomic E-state index is 12.8. The van der Waals surface area contributed by atoms with Crippen LogP contribution in [-0.2, 0) is 35.2 Å². The van der Waals surface area contributed by atoms with Gasteiger partial charge >= 0.3 is 5.97 Å². The second-order valence-corrected chi connectivity index (χ2v) is 8.43. The van der Waals surface area contributed by atoms with E-state index < -0.39 is 66.1 Å². The number of carboxylic acids is 1. The number of hydrogen-bond donors (Lipinski definition) is 6. The number of amides is 4. The number of carbonyl (C=O) groups excluding carboxylic acids is 5. The third-order valence-corrected chi connectivity index (χ3v) is 4.96. The van der Waals surface area contributed by atoms with Crippen molar-refractivity contribution in [3.05, 3.63) is 29.8 Å². The Morgan fingerprint density at radius 2 is 1.49 bits per heavy atom. The molecule has 35 heavy (non-hydrogen) atoms. The third kappa shape index (κ3) is 10.2. The van der Waals surface area contributed by atoms with E-state index in [0.29, 0.717) is 11.8 Å². The molecule has 6 N–H and O–H groups in total. The minimum absolute atomic E-state index is 0.0470. The molecule has 0 spiro atoms. The van der Waals surface area contributed by atoms with Crippen LogP contribution in [0.25, 0.3) is 0 Å². The van der Waals surface area contributed by atoms with Gasteiger partial charge in [-0.05, 0) is 30.5 Å². The van der Waals surface area contributed by atoms with Crippen LogP contribution in [0.15, 0.2) is 24.3 Å². The summed E-state index contributed by atoms with van der Waals surface area (Å²) in [5, 5.41) is 28.0. The van der Waals surface area contributed by atoms with Crippen molar-refractivity contribution in [2.24, 2.45) is 5.92 Å². The quantitative estimate of drug-likeness (QED) is 0.194. The van der Waals surface area contributed by atoms with Crippen LogP contribution >= 0.6 is 0 Å². The molecule has 12 heteroatoms. The zero-order valence-electron chi connectivity index (χ0n) is 20.0. The van der Waals surface area contributed by atoms with Crippen molar-refractivity contribution in [1.82, 2.24) is 21.3 Å². The summed E-state index contributed by atoms with van der Waals surface area (Å²) < 4.78 is 0. The molecule has 4 atom stereocenters. The van der Waals surface area contributed by atoms with E-state index in [1.807, 2.05) is 0 Å². The van der Waals surface area contributed by atoms with Gasteiger partial charge in [-0.2, -0.15) is 0 Å². The number of carbonyl (C=O) groups is 6. The number of rotatable bonds is 13. The average Bonchev–Trinajstić information content (AvgIpc) is 2.76. The van der Waals surface area contributed by atoms with Gasteiger partial charge in [0.15, 0.2) is 0 Å². The predicted octanol–water partition coefficient (Wildman–Crippen LogP) is -0.757. The molecule has 0 aliphatic carbocycles. The molecule has 0 radical (unpaired) electrons. The van der Waals surface area contributed by atoms with Gasteiger partial charge in [-0.3, -0.25) is 24.0 Å². The van der Waals surface area contributed by atoms with Gasteiger partial charge in [-0.25, -0.2) is 0 Å². The summed E-state index contributed by atoms with van der Waals surface area (Å²) in [6.07, 6.45) is -0.204. The third-order valence-electron chi connectivity index (χ3n) is 4.96. The highest BCUT2D eigenvalue weighted by atomic mass is 16.4. The van der Waals surface area contributed by atoms with Gasteiger partial charge in [0.25, 0.3) is 0 Å². The fraction of sp³-hybridized carbons (Fsp3) is 0.478. The normalized spacial score (nSPS) is 14.1. The van der Waals surface area contributed by atoms with Crippen molar-refractivity contribution in [2.75, 3.05) is 0 Å². The van der Waals surface area contributed by atoms with E-state index in [1.54, 1.807) is 26.0 Å². The molecule has 1 rings (SSSR count). The van der Waals surface area contributed by atoms with Crippen molar-refractivity contribution >= 4 is 35.9 Å². The number of phenols is 1. The molecule has 0 unspecified atom stereocenters. The molecule has 0 bridgehead atoms. The molecule has 0 aliphatic heterocycles. The zero-order chi connectivity index (χ0) is 26.7. The maximum atomic E-state index is 12.8. The Morgan fingerprint density at radius 1 is 0.886 bits per heavy atom. The summed E-state index contributed by atoms with van der Waals surface area (Å²) in [4.78, 5) is 71.5. The van der Waals surface area contributed by atoms with Crippen molar-refractivity contribution in [2.45, 2.75) is 64.7 Å². The van der Waals surface area contributed by atoms with E-state index >= 15 is 0 Å². The number of phenolic OH excluding ortho intramolecular Hbond substituents is 1. The van der Waals surface area contributed by atoms with Gasteiger partial charge in [0.2, 0.25) is 23.6 Å². The molecule has 0 aliphatic rings. The number of aliphatic carboxylic acids is 1. The first-order valence-electron chi connectivity index (χ1n) is 11.0. The largest absolute Gasteiger partial charge is 0.508 e. The summed E-state index contributed by atoms with van der Waals surface area (Å²) in [5.41, 5.74) is 0.663. The Morgan fingerprint density at radius 3 is 1.97 bits per heavy atom. The number of aldehydes is 1. The first kappa shape index (κ1) is 29.1. The van der Waals surface area contributed by atoms with Gasteiger partial charge in [-0.15, -0.1) is 0 Å². The lowest BCUT2D eigenvalue weighted by atomic mass is 10.0. The van der Waals surface area contributed by atoms with Crippen LogP contribution in [0.1, 0.15) is 39.7 Å². The van der Waals surface area contributed by atoms with Gasteiger partial charge in [0.05, 0.1) is 12.5 Å². The SMILES string of the molecule is CC(=O)N[C@@H](Cc1ccc(O)cc1)C(=O)N[C@@H](C)C(=O)N[C@H](C(=O)N[C@H](C=O)CC(=O)O)C(C)C. The average molecular weight is 493 g/mol. The van der Waals surface area contributed by atoms with Crippen LogP contribution in [0.4, 0.5) is 0 Å². The maximum Gasteiger partial charge on any atom is 0.305 e. The number of aromatic hydroxyl groups is 1. The molecule has 1 aromatic rings. The summed E-state index contributed by atoms with van der Waals surface area (Å²) in [6.45, 7) is 5.93. The second kappa shape index (κ2) is 13.7. The fourth-order valence-corrected chi connectivity index (χ4v) is 3.11. The van der Waals surface area contributed by atoms with Gasteiger partial charge < -0.3 is 36.3 Å². The number of nitrogens with one attached hydrogen (secondary N) is 4. The molecule has 0 heterocycles. The molecule has 4 amide bonds. The number of carboxylic acid groups (broad SMARTS) is 1. The van der Waals surface area contributed by atoms with Crippen LogP contribution < -0.4 is 21.3 Å². The topological polar surface area (TPSA) is 191 Å². The Bertz CT molecular complexity index is 932. The van der Waals surface area contributed by atoms with E-state index in [9.17, 15) is 33.9 Å². The van der Waals surface area contributed by atoms with Crippen LogP contribution in [0.2, 0.25) is 0 Å². The lowest BCUT2D eigenvalue weighted by Crippen LogP contribution is -2.58. The van der Waals surface area contributed by atoms with Crippen molar-refractivity contribution in [3.63, 3.8) is 0 Å². The van der Waals surface area contributed by atoms with Crippen LogP contribution in [0.5, 0.6) is 5.75 Å². The highest BCUT2D eigenvalue weighted by molar-refractivity contribution is 5.94. The smallest absolute Gasteiger partial charge is 0.305 e. The number of benzene rings is 1. The first-order chi connectivity index (χ1) is 16.3. The van der Waals surface area contributed by atoms with E-state index in [-0.39, 0.29) is 12.2 Å². The summed E-state index contributed by atoms with van der Waals surface area (Å²) >= 11 is 0. The van der Waals surface area contributed by atoms with E-state index in [0.717, 1.165) is 0 Å². The molecular formula is C23H32N4O8. The molecule has 0 saturated carbocycles. The Labute approximate surface area is 202 Å². The standard InChI is InChI=1S/C23H32N4O8/c1-12(2)20(23(35)26-16(11-28)10-19(31)32)27-21(33)13(3)24-22(34)18(25-14(4)29)9-15-5-7-17(30)8-6-15/h5-8,11-13,16,18,20,30H,9-10H2,1-4H3,(H,24,34)(H,25,29)(H,26,35)(H,27,33)(H,31,32)/t13-,16-,18-,20-/m0/s1. The highest BCUT2D eigenvalue weighted by Gasteiger charge is 2.30. The molecular weight excluding hydrogens is 460 g/mol. The zero-order valence-corrected chi connectivity index (χ0v) is 20.0. The van der Waals surface area contributed by atoms with Crippen molar-refractivity contribution in [3.8, 4) is 5.75 Å². The van der Waals surface area contributed by atoms with Crippen LogP contribution in [0.3, 0.4) is 0 Å². The Hall–Kier alpha value is -3.96. The minimum Gasteiger partial charge on any atom is -0.508 e. The Kier molecular flexibility index (Phi) is 11.4. The predicted molar refractivity (Wildman–Crippen MR) is 124 cm³/mol. The molecule has 0 saturated heterocycles. The summed E-state index contributed by atoms with van der Waals surface area (Å²) in [6, 6.07) is 1.63. The van der Waals surface area contributed by atoms with E-state index in [2.05, 4.69) is 21.3 Å². The van der Waals surface area contributed by atoms with Crippen molar-refractivity contribution in [1.29, 1.82) is 0 Å². The van der Waals surface area contributed by atoms with Gasteiger partial charge in [0, 0.05) is 13.3 Å². The fourth-order valence-electron chi connectivity index (χ4n) is 3.11. The van der Waals surface area contributed by atoms with Gasteiger partial charge in [-0.1, -0.05) is 26.0 Å². The molecule has 0 aromatic heterocycles. The van der Waals surface area contributed by atoms with Crippen LogP contribution in [0, 0.1) is 5.92 Å². The summed E-state index contributed by atoms with van der Waals surface area (Å²) in [7, 11) is 0. The van der Waals surface area contributed by atoms with Crippen molar-refractivity contribution < 1.29 is 39.0 Å². The lowest BCUT2D eigenvalue weighted by molar-refractivity contribution is -0.139.